The molecular weight excluding hydrogens is 212 g/mol. The maximum Gasteiger partial charge on any atom is 0.237 e. The summed E-state index contributed by atoms with van der Waals surface area (Å²) in [5.74, 6) is 0.762. The molecule has 0 aromatic rings. The van der Waals surface area contributed by atoms with Crippen LogP contribution in [0.1, 0.15) is 47.0 Å². The van der Waals surface area contributed by atoms with Crippen LogP contribution in [-0.2, 0) is 4.79 Å². The van der Waals surface area contributed by atoms with Crippen molar-refractivity contribution in [3.63, 3.8) is 0 Å². The number of hydrogen-bond donors (Lipinski definition) is 1. The van der Waals surface area contributed by atoms with Gasteiger partial charge in [0, 0.05) is 6.04 Å². The molecule has 4 unspecified atom stereocenters. The Morgan fingerprint density at radius 2 is 2.00 bits per heavy atom. The molecule has 3 heteroatoms. The molecule has 1 aliphatic rings. The topological polar surface area (TPSA) is 52.9 Å². The first-order valence-corrected chi connectivity index (χ1v) is 6.65. The largest absolute Gasteiger partial charge is 0.352 e. The lowest BCUT2D eigenvalue weighted by Gasteiger charge is -2.33. The van der Waals surface area contributed by atoms with Crippen LogP contribution in [0.2, 0.25) is 0 Å². The van der Waals surface area contributed by atoms with Crippen molar-refractivity contribution >= 4 is 5.91 Å². The molecule has 0 aromatic carbocycles. The first kappa shape index (κ1) is 14.0. The normalized spacial score (nSPS) is 30.7. The number of carbonyl (C=O) groups excluding carboxylic acids is 1. The van der Waals surface area contributed by atoms with Crippen LogP contribution in [0, 0.1) is 35.0 Å². The highest BCUT2D eigenvalue weighted by Gasteiger charge is 2.29. The van der Waals surface area contributed by atoms with Crippen molar-refractivity contribution in [2.45, 2.75) is 53.0 Å². The molecule has 0 spiro atoms. The highest BCUT2D eigenvalue weighted by atomic mass is 16.1. The van der Waals surface area contributed by atoms with Gasteiger partial charge in [-0.25, -0.2) is 0 Å². The SMILES string of the molecule is CC1CCC(NC(=O)C(C#N)C(C)C)C(C)C1. The lowest BCUT2D eigenvalue weighted by molar-refractivity contribution is -0.125. The lowest BCUT2D eigenvalue weighted by atomic mass is 9.79. The summed E-state index contributed by atoms with van der Waals surface area (Å²) in [7, 11) is 0. The summed E-state index contributed by atoms with van der Waals surface area (Å²) in [6.45, 7) is 8.29. The van der Waals surface area contributed by atoms with Crippen molar-refractivity contribution in [2.75, 3.05) is 0 Å². The number of nitrogens with one attached hydrogen (secondary N) is 1. The molecule has 17 heavy (non-hydrogen) atoms. The van der Waals surface area contributed by atoms with Crippen LogP contribution in [0.3, 0.4) is 0 Å². The minimum atomic E-state index is -0.512. The Bertz CT molecular complexity index is 306. The predicted molar refractivity (Wildman–Crippen MR) is 68.1 cm³/mol. The van der Waals surface area contributed by atoms with E-state index >= 15 is 0 Å². The van der Waals surface area contributed by atoms with Crippen LogP contribution in [0.4, 0.5) is 0 Å². The summed E-state index contributed by atoms with van der Waals surface area (Å²) in [5.41, 5.74) is 0. The van der Waals surface area contributed by atoms with E-state index in [1.807, 2.05) is 13.8 Å². The highest BCUT2D eigenvalue weighted by molar-refractivity contribution is 5.81. The lowest BCUT2D eigenvalue weighted by Crippen LogP contribution is -2.45. The summed E-state index contributed by atoms with van der Waals surface area (Å²) < 4.78 is 0. The molecule has 1 amide bonds. The number of rotatable bonds is 3. The summed E-state index contributed by atoms with van der Waals surface area (Å²) in [4.78, 5) is 12.0. The van der Waals surface area contributed by atoms with Gasteiger partial charge in [0.15, 0.2) is 0 Å². The summed E-state index contributed by atoms with van der Waals surface area (Å²) >= 11 is 0. The molecule has 1 rings (SSSR count). The summed E-state index contributed by atoms with van der Waals surface area (Å²) in [6.07, 6.45) is 3.39. The van der Waals surface area contributed by atoms with Crippen molar-refractivity contribution in [3.8, 4) is 6.07 Å². The van der Waals surface area contributed by atoms with E-state index in [-0.39, 0.29) is 17.9 Å². The number of nitriles is 1. The third-order valence-electron chi connectivity index (χ3n) is 3.85. The standard InChI is InChI=1S/C14H24N2O/c1-9(2)12(8-15)14(17)16-13-6-5-10(3)7-11(13)4/h9-13H,5-7H2,1-4H3,(H,16,17). The average molecular weight is 236 g/mol. The van der Waals surface area contributed by atoms with E-state index in [0.717, 1.165) is 12.3 Å². The third kappa shape index (κ3) is 3.73. The minimum absolute atomic E-state index is 0.0813. The predicted octanol–water partition coefficient (Wildman–Crippen LogP) is 2.72. The average Bonchev–Trinajstić information content (AvgIpc) is 2.22. The van der Waals surface area contributed by atoms with E-state index in [1.54, 1.807) is 0 Å². The van der Waals surface area contributed by atoms with Gasteiger partial charge in [-0.15, -0.1) is 0 Å². The Balaban J connectivity index is 2.54. The van der Waals surface area contributed by atoms with E-state index < -0.39 is 5.92 Å². The van der Waals surface area contributed by atoms with Crippen LogP contribution >= 0.6 is 0 Å². The van der Waals surface area contributed by atoms with E-state index in [9.17, 15) is 4.79 Å². The fourth-order valence-electron chi connectivity index (χ4n) is 2.66. The Kier molecular flexibility index (Phi) is 4.99. The molecule has 0 aliphatic heterocycles. The molecule has 1 N–H and O–H groups in total. The fraction of sp³-hybridized carbons (Fsp3) is 0.857. The summed E-state index contributed by atoms with van der Waals surface area (Å²) in [5, 5.41) is 12.1. The summed E-state index contributed by atoms with van der Waals surface area (Å²) in [6, 6.07) is 2.36. The molecule has 0 heterocycles. The molecule has 0 aromatic heterocycles. The highest BCUT2D eigenvalue weighted by Crippen LogP contribution is 2.28. The van der Waals surface area contributed by atoms with E-state index in [0.29, 0.717) is 5.92 Å². The number of amides is 1. The van der Waals surface area contributed by atoms with Crippen molar-refractivity contribution < 1.29 is 4.79 Å². The Hall–Kier alpha value is -1.04. The first-order chi connectivity index (χ1) is 7.95. The Morgan fingerprint density at radius 3 is 2.47 bits per heavy atom. The minimum Gasteiger partial charge on any atom is -0.352 e. The zero-order valence-electron chi connectivity index (χ0n) is 11.4. The number of carbonyl (C=O) groups is 1. The molecule has 0 saturated heterocycles. The zero-order valence-corrected chi connectivity index (χ0v) is 11.4. The van der Waals surface area contributed by atoms with Crippen molar-refractivity contribution in [1.82, 2.24) is 5.32 Å². The molecule has 4 atom stereocenters. The van der Waals surface area contributed by atoms with Gasteiger partial charge >= 0.3 is 0 Å². The van der Waals surface area contributed by atoms with Gasteiger partial charge in [0.05, 0.1) is 6.07 Å². The van der Waals surface area contributed by atoms with E-state index in [4.69, 9.17) is 5.26 Å². The molecule has 1 saturated carbocycles. The van der Waals surface area contributed by atoms with Gasteiger partial charge < -0.3 is 5.32 Å². The van der Waals surface area contributed by atoms with Crippen LogP contribution in [-0.4, -0.2) is 11.9 Å². The molecular formula is C14H24N2O. The molecule has 3 nitrogen and oxygen atoms in total. The molecule has 1 fully saturated rings. The third-order valence-corrected chi connectivity index (χ3v) is 3.85. The van der Waals surface area contributed by atoms with Gasteiger partial charge in [0.1, 0.15) is 5.92 Å². The van der Waals surface area contributed by atoms with E-state index in [2.05, 4.69) is 25.2 Å². The van der Waals surface area contributed by atoms with Crippen LogP contribution in [0.5, 0.6) is 0 Å². The molecule has 1 aliphatic carbocycles. The molecule has 96 valence electrons. The fourth-order valence-corrected chi connectivity index (χ4v) is 2.66. The van der Waals surface area contributed by atoms with Crippen molar-refractivity contribution in [3.05, 3.63) is 0 Å². The Morgan fingerprint density at radius 1 is 1.35 bits per heavy atom. The maximum absolute atomic E-state index is 12.0. The second-order valence-electron chi connectivity index (χ2n) is 5.86. The monoisotopic (exact) mass is 236 g/mol. The first-order valence-electron chi connectivity index (χ1n) is 6.65. The van der Waals surface area contributed by atoms with Gasteiger partial charge in [0.2, 0.25) is 5.91 Å². The van der Waals surface area contributed by atoms with Gasteiger partial charge in [-0.05, 0) is 37.0 Å². The Labute approximate surface area is 105 Å². The maximum atomic E-state index is 12.0. The molecule has 0 bridgehead atoms. The van der Waals surface area contributed by atoms with Crippen molar-refractivity contribution in [2.24, 2.45) is 23.7 Å². The van der Waals surface area contributed by atoms with Gasteiger partial charge in [-0.2, -0.15) is 5.26 Å². The van der Waals surface area contributed by atoms with E-state index in [1.165, 1.54) is 12.8 Å². The smallest absolute Gasteiger partial charge is 0.237 e. The second-order valence-corrected chi connectivity index (χ2v) is 5.86. The van der Waals surface area contributed by atoms with Crippen molar-refractivity contribution in [1.29, 1.82) is 5.26 Å². The van der Waals surface area contributed by atoms with Crippen LogP contribution < -0.4 is 5.32 Å². The van der Waals surface area contributed by atoms with Crippen LogP contribution in [0.15, 0.2) is 0 Å². The number of hydrogen-bond acceptors (Lipinski definition) is 2. The van der Waals surface area contributed by atoms with Crippen LogP contribution in [0.25, 0.3) is 0 Å². The van der Waals surface area contributed by atoms with Gasteiger partial charge in [0.25, 0.3) is 0 Å². The molecule has 0 radical (unpaired) electrons. The number of nitrogens with zero attached hydrogens (tertiary/aromatic N) is 1. The van der Waals surface area contributed by atoms with Gasteiger partial charge in [-0.1, -0.05) is 27.7 Å². The zero-order chi connectivity index (χ0) is 13.0. The quantitative estimate of drug-likeness (QED) is 0.819. The second kappa shape index (κ2) is 6.05. The van der Waals surface area contributed by atoms with Gasteiger partial charge in [-0.3, -0.25) is 4.79 Å².